The van der Waals surface area contributed by atoms with Crippen molar-refractivity contribution in [2.75, 3.05) is 0 Å². The van der Waals surface area contributed by atoms with Crippen LogP contribution in [-0.4, -0.2) is 4.98 Å². The number of hydrogen-bond acceptors (Lipinski definition) is 4. The highest BCUT2D eigenvalue weighted by Gasteiger charge is 2.11. The van der Waals surface area contributed by atoms with Gasteiger partial charge in [0, 0.05) is 17.0 Å². The summed E-state index contributed by atoms with van der Waals surface area (Å²) in [5.41, 5.74) is 4.75. The summed E-state index contributed by atoms with van der Waals surface area (Å²) < 4.78 is 38.4. The second kappa shape index (κ2) is 8.56. The third kappa shape index (κ3) is 4.30. The van der Waals surface area contributed by atoms with Crippen molar-refractivity contribution < 1.29 is 17.9 Å². The Morgan fingerprint density at radius 3 is 2.45 bits per heavy atom. The zero-order valence-electron chi connectivity index (χ0n) is 17.3. The predicted molar refractivity (Wildman–Crippen MR) is 120 cm³/mol. The highest BCUT2D eigenvalue weighted by Crippen LogP contribution is 2.30. The molecule has 0 spiro atoms. The molecule has 0 amide bonds. The van der Waals surface area contributed by atoms with E-state index in [1.54, 1.807) is 36.8 Å². The van der Waals surface area contributed by atoms with Gasteiger partial charge in [-0.1, -0.05) is 24.3 Å². The quantitative estimate of drug-likeness (QED) is 0.300. The average molecular weight is 438 g/mol. The highest BCUT2D eigenvalue weighted by atomic mass is 19.1. The van der Waals surface area contributed by atoms with Gasteiger partial charge in [-0.3, -0.25) is 0 Å². The maximum atomic E-state index is 14.2. The summed E-state index contributed by atoms with van der Waals surface area (Å²) in [6.45, 7) is 0.182. The molecule has 0 unspecified atom stereocenters. The summed E-state index contributed by atoms with van der Waals surface area (Å²) in [4.78, 5) is 4.42. The van der Waals surface area contributed by atoms with Crippen molar-refractivity contribution in [1.29, 1.82) is 5.26 Å². The largest absolute Gasteiger partial charge is 0.489 e. The minimum atomic E-state index is -0.449. The maximum absolute atomic E-state index is 14.2. The van der Waals surface area contributed by atoms with Crippen LogP contribution >= 0.6 is 0 Å². The number of nitriles is 1. The molecule has 0 saturated heterocycles. The number of halogens is 2. The first-order valence-corrected chi connectivity index (χ1v) is 10.1. The van der Waals surface area contributed by atoms with Gasteiger partial charge in [0.2, 0.25) is 0 Å². The molecule has 2 heterocycles. The molecule has 4 nitrogen and oxygen atoms in total. The summed E-state index contributed by atoms with van der Waals surface area (Å²) in [7, 11) is 0. The lowest BCUT2D eigenvalue weighted by molar-refractivity contribution is 0.305. The zero-order chi connectivity index (χ0) is 22.8. The number of rotatable bonds is 5. The lowest BCUT2D eigenvalue weighted by atomic mass is 10.0. The van der Waals surface area contributed by atoms with Crippen LogP contribution < -0.4 is 4.74 Å². The zero-order valence-corrected chi connectivity index (χ0v) is 17.3. The predicted octanol–water partition coefficient (Wildman–Crippen LogP) is 6.89. The van der Waals surface area contributed by atoms with Crippen molar-refractivity contribution in [3.63, 3.8) is 0 Å². The Balaban J connectivity index is 1.43. The van der Waals surface area contributed by atoms with Gasteiger partial charge in [-0.05, 0) is 64.7 Å². The third-order valence-corrected chi connectivity index (χ3v) is 5.28. The van der Waals surface area contributed by atoms with Crippen LogP contribution in [0.2, 0.25) is 0 Å². The first kappa shape index (κ1) is 20.4. The van der Waals surface area contributed by atoms with Crippen molar-refractivity contribution in [3.05, 3.63) is 108 Å². The molecule has 0 aliphatic heterocycles. The van der Waals surface area contributed by atoms with Crippen molar-refractivity contribution >= 4 is 10.9 Å². The smallest absolute Gasteiger partial charge is 0.141 e. The van der Waals surface area contributed by atoms with Gasteiger partial charge in [0.25, 0.3) is 0 Å². The minimum absolute atomic E-state index is 0.182. The molecule has 0 bridgehead atoms. The van der Waals surface area contributed by atoms with Gasteiger partial charge < -0.3 is 9.15 Å². The molecular weight excluding hydrogens is 422 g/mol. The molecule has 33 heavy (non-hydrogen) atoms. The van der Waals surface area contributed by atoms with Gasteiger partial charge in [-0.2, -0.15) is 5.26 Å². The van der Waals surface area contributed by atoms with E-state index in [0.717, 1.165) is 22.1 Å². The molecule has 2 aromatic heterocycles. The van der Waals surface area contributed by atoms with Crippen LogP contribution in [0.1, 0.15) is 11.3 Å². The molecule has 5 aromatic rings. The standard InChI is InChI=1S/C27H16F2N2O2/c28-21-4-2-18(3-5-21)20-10-22(29)12-24(11-20)33-15-17-1-6-25-26(19-7-8-32-16-19)13-23(14-30)31-27(25)9-17/h1-13,16H,15H2. The van der Waals surface area contributed by atoms with Crippen LogP contribution in [0.15, 0.2) is 89.7 Å². The Kier molecular flexibility index (Phi) is 5.29. The van der Waals surface area contributed by atoms with Gasteiger partial charge in [0.1, 0.15) is 35.8 Å². The van der Waals surface area contributed by atoms with Crippen LogP contribution in [0.25, 0.3) is 33.2 Å². The number of pyridine rings is 1. The fourth-order valence-electron chi connectivity index (χ4n) is 3.70. The number of aromatic nitrogens is 1. The summed E-state index contributed by atoms with van der Waals surface area (Å²) >= 11 is 0. The fraction of sp³-hybridized carbons (Fsp3) is 0.0370. The van der Waals surface area contributed by atoms with Crippen LogP contribution in [0.4, 0.5) is 8.78 Å². The third-order valence-electron chi connectivity index (χ3n) is 5.28. The number of ether oxygens (including phenoxy) is 1. The number of hydrogen-bond donors (Lipinski definition) is 0. The fourth-order valence-corrected chi connectivity index (χ4v) is 3.70. The molecule has 0 fully saturated rings. The number of fused-ring (bicyclic) bond motifs is 1. The van der Waals surface area contributed by atoms with E-state index < -0.39 is 5.82 Å². The van der Waals surface area contributed by atoms with Crippen LogP contribution in [0, 0.1) is 23.0 Å². The normalized spacial score (nSPS) is 10.8. The molecule has 0 saturated carbocycles. The van der Waals surface area contributed by atoms with Crippen molar-refractivity contribution in [2.24, 2.45) is 0 Å². The molecule has 0 radical (unpaired) electrons. The average Bonchev–Trinajstić information content (AvgIpc) is 3.37. The second-order valence-corrected chi connectivity index (χ2v) is 7.50. The summed E-state index contributed by atoms with van der Waals surface area (Å²) in [6, 6.07) is 21.5. The van der Waals surface area contributed by atoms with Crippen LogP contribution in [-0.2, 0) is 6.61 Å². The minimum Gasteiger partial charge on any atom is -0.489 e. The van der Waals surface area contributed by atoms with Crippen LogP contribution in [0.5, 0.6) is 5.75 Å². The SMILES string of the molecule is N#Cc1cc(-c2ccoc2)c2ccc(COc3cc(F)cc(-c4ccc(F)cc4)c3)cc2n1. The highest BCUT2D eigenvalue weighted by molar-refractivity contribution is 5.95. The summed E-state index contributed by atoms with van der Waals surface area (Å²) in [6.07, 6.45) is 3.20. The van der Waals surface area contributed by atoms with Crippen LogP contribution in [0.3, 0.4) is 0 Å². The molecule has 0 atom stereocenters. The lowest BCUT2D eigenvalue weighted by Crippen LogP contribution is -1.98. The summed E-state index contributed by atoms with van der Waals surface area (Å²) in [5.74, 6) is -0.449. The summed E-state index contributed by atoms with van der Waals surface area (Å²) in [5, 5.41) is 10.3. The lowest BCUT2D eigenvalue weighted by Gasteiger charge is -2.11. The van der Waals surface area contributed by atoms with Crippen molar-refractivity contribution in [3.8, 4) is 34.1 Å². The molecule has 0 aliphatic rings. The molecular formula is C27H16F2N2O2. The monoisotopic (exact) mass is 438 g/mol. The van der Waals surface area contributed by atoms with E-state index in [-0.39, 0.29) is 12.4 Å². The van der Waals surface area contributed by atoms with Gasteiger partial charge in [-0.25, -0.2) is 13.8 Å². The molecule has 5 rings (SSSR count). The van der Waals surface area contributed by atoms with Gasteiger partial charge >= 0.3 is 0 Å². The molecule has 0 aliphatic carbocycles. The Morgan fingerprint density at radius 1 is 0.848 bits per heavy atom. The van der Waals surface area contributed by atoms with Gasteiger partial charge in [0.15, 0.2) is 0 Å². The van der Waals surface area contributed by atoms with Crippen molar-refractivity contribution in [2.45, 2.75) is 6.61 Å². The Hall–Kier alpha value is -4.50. The van der Waals surface area contributed by atoms with E-state index in [4.69, 9.17) is 9.15 Å². The Morgan fingerprint density at radius 2 is 1.70 bits per heavy atom. The first-order valence-electron chi connectivity index (χ1n) is 10.1. The number of nitrogens with zero attached hydrogens (tertiary/aromatic N) is 2. The molecule has 3 aromatic carbocycles. The Bertz CT molecular complexity index is 1490. The van der Waals surface area contributed by atoms with E-state index in [9.17, 15) is 14.0 Å². The number of benzene rings is 3. The molecule has 160 valence electrons. The van der Waals surface area contributed by atoms with E-state index in [1.807, 2.05) is 24.3 Å². The topological polar surface area (TPSA) is 59.0 Å². The van der Waals surface area contributed by atoms with E-state index in [2.05, 4.69) is 11.1 Å². The van der Waals surface area contributed by atoms with Crippen molar-refractivity contribution in [1.82, 2.24) is 4.98 Å². The van der Waals surface area contributed by atoms with E-state index >= 15 is 0 Å². The maximum Gasteiger partial charge on any atom is 0.141 e. The van der Waals surface area contributed by atoms with Gasteiger partial charge in [0.05, 0.1) is 18.0 Å². The molecule has 0 N–H and O–H groups in total. The Labute approximate surface area is 188 Å². The number of furan rings is 1. The van der Waals surface area contributed by atoms with Gasteiger partial charge in [-0.15, -0.1) is 0 Å². The van der Waals surface area contributed by atoms with E-state index in [1.165, 1.54) is 24.3 Å². The molecule has 6 heteroatoms. The van der Waals surface area contributed by atoms with E-state index in [0.29, 0.717) is 28.1 Å². The first-order chi connectivity index (χ1) is 16.1. The second-order valence-electron chi connectivity index (χ2n) is 7.50.